The van der Waals surface area contributed by atoms with E-state index >= 15 is 0 Å². The average Bonchev–Trinajstić information content (AvgIpc) is 2.82. The van der Waals surface area contributed by atoms with Gasteiger partial charge in [0, 0.05) is 21.7 Å². The molecule has 0 saturated heterocycles. The largest absolute Gasteiger partial charge is 0.486 e. The Kier molecular flexibility index (Phi) is 7.55. The smallest absolute Gasteiger partial charge is 0.245 e. The Morgan fingerprint density at radius 3 is 2.47 bits per heavy atom. The molecular formula is C24H23ClN2O5S2. The standard InChI is InChI=1S/C24H23ClN2O5S2/c1-34(29,30)27(19-10-11-21-22(14-19)32-13-12-31-21)15-24(28)26-20-4-2-3-5-23(20)33-16-17-6-8-18(25)9-7-17/h2-11,14H,12-13,15-16H2,1H3,(H,26,28). The molecule has 0 bridgehead atoms. The van der Waals surface area contributed by atoms with E-state index in [0.29, 0.717) is 46.9 Å². The summed E-state index contributed by atoms with van der Waals surface area (Å²) < 4.78 is 37.1. The van der Waals surface area contributed by atoms with Crippen LogP contribution in [0.3, 0.4) is 0 Å². The highest BCUT2D eigenvalue weighted by atomic mass is 35.5. The van der Waals surface area contributed by atoms with E-state index in [0.717, 1.165) is 21.0 Å². The third-order valence-corrected chi connectivity index (χ3v) is 7.51. The Morgan fingerprint density at radius 2 is 1.74 bits per heavy atom. The van der Waals surface area contributed by atoms with Crippen molar-refractivity contribution in [1.82, 2.24) is 0 Å². The number of hydrogen-bond acceptors (Lipinski definition) is 6. The molecule has 0 fully saturated rings. The summed E-state index contributed by atoms with van der Waals surface area (Å²) in [6.45, 7) is 0.426. The average molecular weight is 519 g/mol. The first kappa shape index (κ1) is 24.3. The van der Waals surface area contributed by atoms with Crippen molar-refractivity contribution in [2.75, 3.05) is 35.6 Å². The van der Waals surface area contributed by atoms with Gasteiger partial charge in [0.25, 0.3) is 0 Å². The van der Waals surface area contributed by atoms with E-state index in [2.05, 4.69) is 5.32 Å². The summed E-state index contributed by atoms with van der Waals surface area (Å²) in [7, 11) is -3.73. The van der Waals surface area contributed by atoms with Gasteiger partial charge in [-0.2, -0.15) is 0 Å². The number of sulfonamides is 1. The zero-order valence-corrected chi connectivity index (χ0v) is 20.8. The summed E-state index contributed by atoms with van der Waals surface area (Å²) in [5, 5.41) is 3.52. The maximum Gasteiger partial charge on any atom is 0.245 e. The Balaban J connectivity index is 1.48. The lowest BCUT2D eigenvalue weighted by Crippen LogP contribution is -2.37. The van der Waals surface area contributed by atoms with Crippen molar-refractivity contribution in [3.63, 3.8) is 0 Å². The van der Waals surface area contributed by atoms with Crippen LogP contribution in [0.4, 0.5) is 11.4 Å². The monoisotopic (exact) mass is 518 g/mol. The van der Waals surface area contributed by atoms with E-state index in [4.69, 9.17) is 21.1 Å². The van der Waals surface area contributed by atoms with E-state index in [1.165, 1.54) is 0 Å². The molecule has 0 saturated carbocycles. The molecule has 10 heteroatoms. The zero-order chi connectivity index (χ0) is 24.1. The zero-order valence-electron chi connectivity index (χ0n) is 18.4. The van der Waals surface area contributed by atoms with Gasteiger partial charge in [-0.25, -0.2) is 8.42 Å². The van der Waals surface area contributed by atoms with Crippen molar-refractivity contribution in [2.45, 2.75) is 10.6 Å². The minimum Gasteiger partial charge on any atom is -0.486 e. The predicted molar refractivity (Wildman–Crippen MR) is 136 cm³/mol. The van der Waals surface area contributed by atoms with Gasteiger partial charge in [-0.15, -0.1) is 11.8 Å². The van der Waals surface area contributed by atoms with Gasteiger partial charge in [-0.3, -0.25) is 9.10 Å². The first-order valence-corrected chi connectivity index (χ1v) is 13.6. The fraction of sp³-hybridized carbons (Fsp3) is 0.208. The quantitative estimate of drug-likeness (QED) is 0.431. The van der Waals surface area contributed by atoms with Crippen molar-refractivity contribution in [1.29, 1.82) is 0 Å². The second-order valence-electron chi connectivity index (χ2n) is 7.56. The fourth-order valence-electron chi connectivity index (χ4n) is 3.34. The molecule has 4 rings (SSSR count). The Bertz CT molecular complexity index is 1280. The number of thioether (sulfide) groups is 1. The molecule has 0 radical (unpaired) electrons. The number of fused-ring (bicyclic) bond motifs is 1. The van der Waals surface area contributed by atoms with E-state index in [-0.39, 0.29) is 6.54 Å². The van der Waals surface area contributed by atoms with Gasteiger partial charge >= 0.3 is 0 Å². The molecule has 3 aromatic carbocycles. The third kappa shape index (κ3) is 6.16. The third-order valence-electron chi connectivity index (χ3n) is 4.97. The van der Waals surface area contributed by atoms with Crippen LogP contribution in [0.15, 0.2) is 71.6 Å². The number of nitrogens with zero attached hydrogens (tertiary/aromatic N) is 1. The topological polar surface area (TPSA) is 84.9 Å². The summed E-state index contributed by atoms with van der Waals surface area (Å²) in [6.07, 6.45) is 1.06. The van der Waals surface area contributed by atoms with E-state index in [1.807, 2.05) is 42.5 Å². The number of halogens is 1. The number of ether oxygens (including phenoxy) is 2. The molecule has 1 N–H and O–H groups in total. The van der Waals surface area contributed by atoms with Crippen LogP contribution in [-0.2, 0) is 20.6 Å². The number of rotatable bonds is 8. The second-order valence-corrected chi connectivity index (χ2v) is 10.9. The minimum atomic E-state index is -3.73. The number of carbonyl (C=O) groups is 1. The predicted octanol–water partition coefficient (Wildman–Crippen LogP) is 4.81. The number of para-hydroxylation sites is 1. The van der Waals surface area contributed by atoms with Crippen LogP contribution < -0.4 is 19.1 Å². The maximum atomic E-state index is 12.9. The maximum absolute atomic E-state index is 12.9. The van der Waals surface area contributed by atoms with Gasteiger partial charge < -0.3 is 14.8 Å². The molecule has 178 valence electrons. The first-order chi connectivity index (χ1) is 16.3. The van der Waals surface area contributed by atoms with Crippen LogP contribution in [-0.4, -0.2) is 40.3 Å². The Hall–Kier alpha value is -2.88. The summed E-state index contributed by atoms with van der Waals surface area (Å²) in [4.78, 5) is 13.8. The fourth-order valence-corrected chi connectivity index (χ4v) is 5.28. The van der Waals surface area contributed by atoms with Crippen LogP contribution in [0.25, 0.3) is 0 Å². The molecule has 1 heterocycles. The number of nitrogens with one attached hydrogen (secondary N) is 1. The summed E-state index contributed by atoms with van der Waals surface area (Å²) in [5.41, 5.74) is 2.03. The molecule has 0 unspecified atom stereocenters. The van der Waals surface area contributed by atoms with Crippen molar-refractivity contribution in [3.8, 4) is 11.5 Å². The molecule has 0 aliphatic carbocycles. The number of amides is 1. The Morgan fingerprint density at radius 1 is 1.03 bits per heavy atom. The van der Waals surface area contributed by atoms with Gasteiger partial charge in [0.2, 0.25) is 15.9 Å². The molecule has 1 amide bonds. The van der Waals surface area contributed by atoms with Crippen LogP contribution in [0, 0.1) is 0 Å². The Labute approximate surface area is 208 Å². The lowest BCUT2D eigenvalue weighted by molar-refractivity contribution is -0.114. The van der Waals surface area contributed by atoms with Gasteiger partial charge in [-0.05, 0) is 42.0 Å². The highest BCUT2D eigenvalue weighted by molar-refractivity contribution is 7.98. The molecule has 0 aromatic heterocycles. The summed E-state index contributed by atoms with van der Waals surface area (Å²) in [5.74, 6) is 1.22. The highest BCUT2D eigenvalue weighted by Crippen LogP contribution is 2.35. The van der Waals surface area contributed by atoms with Crippen LogP contribution >= 0.6 is 23.4 Å². The molecule has 1 aliphatic heterocycles. The first-order valence-electron chi connectivity index (χ1n) is 10.4. The van der Waals surface area contributed by atoms with Gasteiger partial charge in [-0.1, -0.05) is 35.9 Å². The van der Waals surface area contributed by atoms with Crippen LogP contribution in [0.5, 0.6) is 11.5 Å². The van der Waals surface area contributed by atoms with E-state index < -0.39 is 15.9 Å². The highest BCUT2D eigenvalue weighted by Gasteiger charge is 2.23. The number of anilines is 2. The van der Waals surface area contributed by atoms with Crippen LogP contribution in [0.2, 0.25) is 5.02 Å². The van der Waals surface area contributed by atoms with E-state index in [1.54, 1.807) is 36.0 Å². The minimum absolute atomic E-state index is 0.326. The summed E-state index contributed by atoms with van der Waals surface area (Å²) >= 11 is 7.51. The lowest BCUT2D eigenvalue weighted by atomic mass is 10.2. The molecule has 3 aromatic rings. The molecule has 0 spiro atoms. The van der Waals surface area contributed by atoms with Crippen LogP contribution in [0.1, 0.15) is 5.56 Å². The second kappa shape index (κ2) is 10.6. The molecule has 34 heavy (non-hydrogen) atoms. The van der Waals surface area contributed by atoms with Crippen molar-refractivity contribution >= 4 is 50.7 Å². The molecule has 0 atom stereocenters. The van der Waals surface area contributed by atoms with E-state index in [9.17, 15) is 13.2 Å². The molecular weight excluding hydrogens is 496 g/mol. The van der Waals surface area contributed by atoms with Crippen molar-refractivity contribution < 1.29 is 22.7 Å². The SMILES string of the molecule is CS(=O)(=O)N(CC(=O)Nc1ccccc1SCc1ccc(Cl)cc1)c1ccc2c(c1)OCCO2. The van der Waals surface area contributed by atoms with Gasteiger partial charge in [0.1, 0.15) is 19.8 Å². The molecule has 7 nitrogen and oxygen atoms in total. The normalized spacial score (nSPS) is 12.8. The number of carbonyl (C=O) groups excluding carboxylic acids is 1. The van der Waals surface area contributed by atoms with Gasteiger partial charge in [0.05, 0.1) is 17.6 Å². The molecule has 1 aliphatic rings. The van der Waals surface area contributed by atoms with Gasteiger partial charge in [0.15, 0.2) is 11.5 Å². The van der Waals surface area contributed by atoms with Crippen molar-refractivity contribution in [2.24, 2.45) is 0 Å². The number of benzene rings is 3. The lowest BCUT2D eigenvalue weighted by Gasteiger charge is -2.25. The summed E-state index contributed by atoms with van der Waals surface area (Å²) in [6, 6.07) is 19.8. The van der Waals surface area contributed by atoms with Crippen molar-refractivity contribution in [3.05, 3.63) is 77.3 Å². The number of hydrogen-bond donors (Lipinski definition) is 1.